The Morgan fingerprint density at radius 2 is 1.53 bits per heavy atom. The van der Waals surface area contributed by atoms with Gasteiger partial charge >= 0.3 is 0 Å². The molecule has 1 fully saturated rings. The number of nitrogens with zero attached hydrogens (tertiary/aromatic N) is 3. The maximum Gasteiger partial charge on any atom is 0.0558 e. The van der Waals surface area contributed by atoms with Crippen LogP contribution in [-0.2, 0) is 0 Å². The summed E-state index contributed by atoms with van der Waals surface area (Å²) in [5.41, 5.74) is 0. The molecule has 1 aliphatic rings. The van der Waals surface area contributed by atoms with Gasteiger partial charge in [-0.25, -0.2) is 0 Å². The van der Waals surface area contributed by atoms with Gasteiger partial charge in [0.05, 0.1) is 6.61 Å². The van der Waals surface area contributed by atoms with Crippen LogP contribution in [0, 0.1) is 0 Å². The number of rotatable bonds is 6. The first-order valence-electron chi connectivity index (χ1n) is 5.92. The third-order valence-corrected chi connectivity index (χ3v) is 2.96. The maximum absolute atomic E-state index is 8.83. The smallest absolute Gasteiger partial charge is 0.0558 e. The highest BCUT2D eigenvalue weighted by atomic mass is 16.3. The minimum absolute atomic E-state index is 0.292. The minimum atomic E-state index is 0.292. The van der Waals surface area contributed by atoms with Gasteiger partial charge in [0.25, 0.3) is 0 Å². The van der Waals surface area contributed by atoms with Gasteiger partial charge in [0, 0.05) is 32.7 Å². The van der Waals surface area contributed by atoms with E-state index < -0.39 is 0 Å². The lowest BCUT2D eigenvalue weighted by Gasteiger charge is -2.34. The lowest BCUT2D eigenvalue weighted by Crippen LogP contribution is -2.47. The summed E-state index contributed by atoms with van der Waals surface area (Å²) in [4.78, 5) is 7.10. The van der Waals surface area contributed by atoms with E-state index in [9.17, 15) is 0 Å². The fourth-order valence-electron chi connectivity index (χ4n) is 1.99. The van der Waals surface area contributed by atoms with Crippen molar-refractivity contribution >= 4 is 0 Å². The number of hydrogen-bond donors (Lipinski definition) is 1. The van der Waals surface area contributed by atoms with Crippen molar-refractivity contribution < 1.29 is 5.11 Å². The second kappa shape index (κ2) is 7.17. The van der Waals surface area contributed by atoms with E-state index in [0.717, 1.165) is 32.7 Å². The van der Waals surface area contributed by atoms with Gasteiger partial charge in [-0.3, -0.25) is 4.90 Å². The van der Waals surface area contributed by atoms with Crippen LogP contribution in [0.2, 0.25) is 0 Å². The van der Waals surface area contributed by atoms with E-state index in [1.165, 1.54) is 19.5 Å². The van der Waals surface area contributed by atoms with Crippen LogP contribution in [0.15, 0.2) is 0 Å². The molecule has 0 atom stereocenters. The Morgan fingerprint density at radius 1 is 1.00 bits per heavy atom. The molecule has 0 unspecified atom stereocenters. The zero-order chi connectivity index (χ0) is 11.1. The summed E-state index contributed by atoms with van der Waals surface area (Å²) in [6.45, 7) is 8.07. The second-order valence-corrected chi connectivity index (χ2v) is 4.56. The largest absolute Gasteiger partial charge is 0.395 e. The van der Waals surface area contributed by atoms with Gasteiger partial charge in [-0.05, 0) is 33.6 Å². The van der Waals surface area contributed by atoms with Gasteiger partial charge in [0.2, 0.25) is 0 Å². The molecule has 0 aromatic carbocycles. The Kier molecular flexibility index (Phi) is 6.17. The Bertz CT molecular complexity index is 156. The van der Waals surface area contributed by atoms with Crippen LogP contribution in [0.3, 0.4) is 0 Å². The van der Waals surface area contributed by atoms with Crippen LogP contribution < -0.4 is 0 Å². The molecule has 4 heteroatoms. The normalized spacial score (nSPS) is 20.0. The van der Waals surface area contributed by atoms with Crippen LogP contribution >= 0.6 is 0 Å². The molecule has 4 nitrogen and oxygen atoms in total. The summed E-state index contributed by atoms with van der Waals surface area (Å²) < 4.78 is 0. The SMILES string of the molecule is CN(C)CCCN1CCN(CCO)CC1. The second-order valence-electron chi connectivity index (χ2n) is 4.56. The molecular formula is C11H25N3O. The van der Waals surface area contributed by atoms with Crippen molar-refractivity contribution in [2.24, 2.45) is 0 Å². The number of hydrogen-bond acceptors (Lipinski definition) is 4. The fraction of sp³-hybridized carbons (Fsp3) is 1.00. The summed E-state index contributed by atoms with van der Waals surface area (Å²) in [6, 6.07) is 0. The number of piperazine rings is 1. The van der Waals surface area contributed by atoms with E-state index in [4.69, 9.17) is 5.11 Å². The van der Waals surface area contributed by atoms with Crippen LogP contribution in [-0.4, -0.2) is 86.3 Å². The molecule has 0 aromatic heterocycles. The Balaban J connectivity index is 2.04. The van der Waals surface area contributed by atoms with Crippen molar-refractivity contribution in [1.29, 1.82) is 0 Å². The summed E-state index contributed by atoms with van der Waals surface area (Å²) in [5.74, 6) is 0. The quantitative estimate of drug-likeness (QED) is 0.650. The predicted molar refractivity (Wildman–Crippen MR) is 63.1 cm³/mol. The zero-order valence-electron chi connectivity index (χ0n) is 10.2. The van der Waals surface area contributed by atoms with Gasteiger partial charge in [0.15, 0.2) is 0 Å². The number of β-amino-alcohol motifs (C(OH)–C–C–N with tert-alkyl or cyclic N) is 1. The average molecular weight is 215 g/mol. The molecule has 1 saturated heterocycles. The lowest BCUT2D eigenvalue weighted by atomic mass is 10.3. The number of aliphatic hydroxyl groups is 1. The van der Waals surface area contributed by atoms with E-state index in [1.807, 2.05) is 0 Å². The molecule has 1 rings (SSSR count). The van der Waals surface area contributed by atoms with Crippen molar-refractivity contribution in [2.45, 2.75) is 6.42 Å². The molecule has 15 heavy (non-hydrogen) atoms. The summed E-state index contributed by atoms with van der Waals surface area (Å²) in [7, 11) is 4.25. The molecule has 0 radical (unpaired) electrons. The van der Waals surface area contributed by atoms with E-state index in [1.54, 1.807) is 0 Å². The third-order valence-electron chi connectivity index (χ3n) is 2.96. The van der Waals surface area contributed by atoms with Crippen molar-refractivity contribution in [3.8, 4) is 0 Å². The molecule has 1 N–H and O–H groups in total. The molecule has 0 aliphatic carbocycles. The van der Waals surface area contributed by atoms with Gasteiger partial charge in [-0.1, -0.05) is 0 Å². The first kappa shape index (κ1) is 12.9. The monoisotopic (exact) mass is 215 g/mol. The Labute approximate surface area is 93.5 Å². The molecule has 0 aromatic rings. The topological polar surface area (TPSA) is 30.0 Å². The first-order valence-corrected chi connectivity index (χ1v) is 5.92. The van der Waals surface area contributed by atoms with Gasteiger partial charge in [-0.2, -0.15) is 0 Å². The molecule has 1 aliphatic heterocycles. The van der Waals surface area contributed by atoms with Crippen LogP contribution in [0.4, 0.5) is 0 Å². The van der Waals surface area contributed by atoms with Gasteiger partial charge < -0.3 is 14.9 Å². The molecule has 1 heterocycles. The molecule has 0 bridgehead atoms. The Hall–Kier alpha value is -0.160. The van der Waals surface area contributed by atoms with E-state index in [0.29, 0.717) is 6.61 Å². The van der Waals surface area contributed by atoms with Crippen molar-refractivity contribution in [1.82, 2.24) is 14.7 Å². The van der Waals surface area contributed by atoms with E-state index in [2.05, 4.69) is 28.8 Å². The molecule has 0 spiro atoms. The van der Waals surface area contributed by atoms with Gasteiger partial charge in [0.1, 0.15) is 0 Å². The zero-order valence-corrected chi connectivity index (χ0v) is 10.2. The highest BCUT2D eigenvalue weighted by Crippen LogP contribution is 2.01. The van der Waals surface area contributed by atoms with Crippen LogP contribution in [0.5, 0.6) is 0 Å². The summed E-state index contributed by atoms with van der Waals surface area (Å²) in [5, 5.41) is 8.83. The molecule has 0 saturated carbocycles. The summed E-state index contributed by atoms with van der Waals surface area (Å²) >= 11 is 0. The standard InChI is InChI=1S/C11H25N3O/c1-12(2)4-3-5-13-6-8-14(9-7-13)10-11-15/h15H,3-11H2,1-2H3. The van der Waals surface area contributed by atoms with Crippen molar-refractivity contribution in [3.63, 3.8) is 0 Å². The minimum Gasteiger partial charge on any atom is -0.395 e. The van der Waals surface area contributed by atoms with Gasteiger partial charge in [-0.15, -0.1) is 0 Å². The van der Waals surface area contributed by atoms with Crippen molar-refractivity contribution in [3.05, 3.63) is 0 Å². The van der Waals surface area contributed by atoms with Crippen molar-refractivity contribution in [2.75, 3.05) is 66.5 Å². The molecular weight excluding hydrogens is 190 g/mol. The lowest BCUT2D eigenvalue weighted by molar-refractivity contribution is 0.110. The van der Waals surface area contributed by atoms with E-state index >= 15 is 0 Å². The van der Waals surface area contributed by atoms with Crippen LogP contribution in [0.25, 0.3) is 0 Å². The highest BCUT2D eigenvalue weighted by molar-refractivity contribution is 4.71. The maximum atomic E-state index is 8.83. The highest BCUT2D eigenvalue weighted by Gasteiger charge is 2.15. The first-order chi connectivity index (χ1) is 7.22. The van der Waals surface area contributed by atoms with E-state index in [-0.39, 0.29) is 0 Å². The molecule has 0 amide bonds. The van der Waals surface area contributed by atoms with Crippen LogP contribution in [0.1, 0.15) is 6.42 Å². The number of aliphatic hydroxyl groups excluding tert-OH is 1. The fourth-order valence-corrected chi connectivity index (χ4v) is 1.99. The molecule has 90 valence electrons. The Morgan fingerprint density at radius 3 is 2.00 bits per heavy atom. The predicted octanol–water partition coefficient (Wildman–Crippen LogP) is -0.452. The average Bonchev–Trinajstić information content (AvgIpc) is 2.20. The third kappa shape index (κ3) is 5.47. The summed E-state index contributed by atoms with van der Waals surface area (Å²) in [6.07, 6.45) is 1.26.